The molecule has 0 aliphatic carbocycles. The Bertz CT molecular complexity index is 1120. The Morgan fingerprint density at radius 1 is 1.32 bits per heavy atom. The van der Waals surface area contributed by atoms with E-state index in [9.17, 15) is 4.79 Å². The average molecular weight is 396 g/mol. The Labute approximate surface area is 163 Å². The van der Waals surface area contributed by atoms with E-state index in [0.29, 0.717) is 40.7 Å². The highest BCUT2D eigenvalue weighted by atomic mass is 32.1. The number of rotatable bonds is 3. The van der Waals surface area contributed by atoms with Crippen LogP contribution in [0.25, 0.3) is 21.7 Å². The van der Waals surface area contributed by atoms with Crippen LogP contribution in [0.15, 0.2) is 39.3 Å². The first kappa shape index (κ1) is 16.9. The first-order valence-electron chi connectivity index (χ1n) is 8.84. The van der Waals surface area contributed by atoms with Crippen LogP contribution < -0.4 is 5.32 Å². The van der Waals surface area contributed by atoms with E-state index in [4.69, 9.17) is 8.94 Å². The molecule has 2 amide bonds. The third-order valence-electron chi connectivity index (χ3n) is 4.64. The summed E-state index contributed by atoms with van der Waals surface area (Å²) in [6, 6.07) is 9.44. The van der Waals surface area contributed by atoms with E-state index in [-0.39, 0.29) is 11.9 Å². The zero-order chi connectivity index (χ0) is 19.1. The van der Waals surface area contributed by atoms with Gasteiger partial charge in [0.2, 0.25) is 11.0 Å². The van der Waals surface area contributed by atoms with Gasteiger partial charge in [-0.2, -0.15) is 4.98 Å². The standard InChI is InChI=1S/C18H16N6O3S/c1-10-19-15(27-23-10)12-6-7-24(9-12)18(25)20-17-22-21-16(28-17)14-8-11-4-2-3-5-13(11)26-14/h2-5,8,12H,6-7,9H2,1H3,(H,20,22,25). The number of amides is 2. The van der Waals surface area contributed by atoms with Crippen LogP contribution in [-0.4, -0.2) is 44.4 Å². The quantitative estimate of drug-likeness (QED) is 0.562. The van der Waals surface area contributed by atoms with Gasteiger partial charge in [0, 0.05) is 18.5 Å². The number of aromatic nitrogens is 4. The lowest BCUT2D eigenvalue weighted by molar-refractivity contribution is 0.221. The van der Waals surface area contributed by atoms with Crippen molar-refractivity contribution in [3.05, 3.63) is 42.0 Å². The van der Waals surface area contributed by atoms with Gasteiger partial charge in [-0.25, -0.2) is 4.79 Å². The Hall–Kier alpha value is -3.27. The van der Waals surface area contributed by atoms with Gasteiger partial charge in [0.15, 0.2) is 16.6 Å². The van der Waals surface area contributed by atoms with Crippen molar-refractivity contribution in [3.63, 3.8) is 0 Å². The number of para-hydroxylation sites is 1. The minimum atomic E-state index is -0.217. The second-order valence-electron chi connectivity index (χ2n) is 6.60. The number of carbonyl (C=O) groups is 1. The number of hydrogen-bond acceptors (Lipinski definition) is 8. The molecular formula is C18H16N6O3S. The summed E-state index contributed by atoms with van der Waals surface area (Å²) in [5.74, 6) is 1.88. The number of aryl methyl sites for hydroxylation is 1. The normalized spacial score (nSPS) is 16.8. The van der Waals surface area contributed by atoms with Crippen molar-refractivity contribution in [1.82, 2.24) is 25.2 Å². The van der Waals surface area contributed by atoms with Crippen molar-refractivity contribution in [2.75, 3.05) is 18.4 Å². The molecule has 4 aromatic rings. The maximum atomic E-state index is 12.5. The molecule has 9 nitrogen and oxygen atoms in total. The van der Waals surface area contributed by atoms with Crippen LogP contribution in [0, 0.1) is 6.92 Å². The van der Waals surface area contributed by atoms with E-state index in [0.717, 1.165) is 17.4 Å². The summed E-state index contributed by atoms with van der Waals surface area (Å²) in [5.41, 5.74) is 0.789. The van der Waals surface area contributed by atoms with Gasteiger partial charge in [-0.1, -0.05) is 34.7 Å². The number of likely N-dealkylation sites (tertiary alicyclic amines) is 1. The predicted octanol–water partition coefficient (Wildman–Crippen LogP) is 3.66. The van der Waals surface area contributed by atoms with E-state index in [2.05, 4.69) is 25.7 Å². The fourth-order valence-electron chi connectivity index (χ4n) is 3.26. The molecule has 1 aromatic carbocycles. The van der Waals surface area contributed by atoms with E-state index in [1.165, 1.54) is 11.3 Å². The highest BCUT2D eigenvalue weighted by Crippen LogP contribution is 2.32. The Morgan fingerprint density at radius 2 is 2.21 bits per heavy atom. The lowest BCUT2D eigenvalue weighted by Crippen LogP contribution is -2.32. The molecule has 1 saturated heterocycles. The summed E-state index contributed by atoms with van der Waals surface area (Å²) in [7, 11) is 0. The molecular weight excluding hydrogens is 380 g/mol. The van der Waals surface area contributed by atoms with Crippen LogP contribution in [0.5, 0.6) is 0 Å². The van der Waals surface area contributed by atoms with Crippen molar-refractivity contribution in [3.8, 4) is 10.8 Å². The maximum Gasteiger partial charge on any atom is 0.323 e. The van der Waals surface area contributed by atoms with E-state index < -0.39 is 0 Å². The van der Waals surface area contributed by atoms with Gasteiger partial charge in [0.1, 0.15) is 5.58 Å². The van der Waals surface area contributed by atoms with E-state index >= 15 is 0 Å². The SMILES string of the molecule is Cc1noc(C2CCN(C(=O)Nc3nnc(-c4cc5ccccc5o4)s3)C2)n1. The third kappa shape index (κ3) is 3.11. The molecule has 1 N–H and O–H groups in total. The third-order valence-corrected chi connectivity index (χ3v) is 5.50. The lowest BCUT2D eigenvalue weighted by Gasteiger charge is -2.15. The molecule has 142 valence electrons. The number of fused-ring (bicyclic) bond motifs is 1. The average Bonchev–Trinajstić information content (AvgIpc) is 3.46. The van der Waals surface area contributed by atoms with Gasteiger partial charge in [0.25, 0.3) is 0 Å². The molecule has 1 aliphatic rings. The number of furan rings is 1. The van der Waals surface area contributed by atoms with Gasteiger partial charge >= 0.3 is 6.03 Å². The molecule has 3 aromatic heterocycles. The zero-order valence-electron chi connectivity index (χ0n) is 15.0. The first-order valence-corrected chi connectivity index (χ1v) is 9.66. The van der Waals surface area contributed by atoms with Crippen molar-refractivity contribution in [1.29, 1.82) is 0 Å². The minimum Gasteiger partial charge on any atom is -0.453 e. The highest BCUT2D eigenvalue weighted by molar-refractivity contribution is 7.18. The van der Waals surface area contributed by atoms with Gasteiger partial charge < -0.3 is 13.8 Å². The number of carbonyl (C=O) groups excluding carboxylic acids is 1. The van der Waals surface area contributed by atoms with Crippen LogP contribution in [-0.2, 0) is 0 Å². The fraction of sp³-hybridized carbons (Fsp3) is 0.278. The van der Waals surface area contributed by atoms with E-state index in [1.807, 2.05) is 30.3 Å². The summed E-state index contributed by atoms with van der Waals surface area (Å²) in [6.45, 7) is 2.93. The molecule has 1 aliphatic heterocycles. The molecule has 0 radical (unpaired) electrons. The molecule has 1 unspecified atom stereocenters. The van der Waals surface area contributed by atoms with Crippen molar-refractivity contribution >= 4 is 33.5 Å². The highest BCUT2D eigenvalue weighted by Gasteiger charge is 2.31. The predicted molar refractivity (Wildman–Crippen MR) is 102 cm³/mol. The van der Waals surface area contributed by atoms with Crippen LogP contribution in [0.4, 0.5) is 9.93 Å². The summed E-state index contributed by atoms with van der Waals surface area (Å²) < 4.78 is 11.0. The number of benzene rings is 1. The van der Waals surface area contributed by atoms with Gasteiger partial charge in [-0.05, 0) is 25.5 Å². The Balaban J connectivity index is 1.26. The number of urea groups is 1. The molecule has 1 fully saturated rings. The Kier molecular flexibility index (Phi) is 4.05. The summed E-state index contributed by atoms with van der Waals surface area (Å²) in [4.78, 5) is 18.5. The van der Waals surface area contributed by atoms with E-state index in [1.54, 1.807) is 11.8 Å². The maximum absolute atomic E-state index is 12.5. The van der Waals surface area contributed by atoms with Gasteiger partial charge in [0.05, 0.1) is 5.92 Å². The number of anilines is 1. The molecule has 0 bridgehead atoms. The second-order valence-corrected chi connectivity index (χ2v) is 7.58. The lowest BCUT2D eigenvalue weighted by atomic mass is 10.1. The first-order chi connectivity index (χ1) is 13.7. The smallest absolute Gasteiger partial charge is 0.323 e. The van der Waals surface area contributed by atoms with Gasteiger partial charge in [-0.15, -0.1) is 10.2 Å². The molecule has 10 heteroatoms. The Morgan fingerprint density at radius 3 is 3.04 bits per heavy atom. The molecule has 4 heterocycles. The number of nitrogens with zero attached hydrogens (tertiary/aromatic N) is 5. The molecule has 5 rings (SSSR count). The summed E-state index contributed by atoms with van der Waals surface area (Å²) in [6.07, 6.45) is 0.787. The van der Waals surface area contributed by atoms with Crippen LogP contribution in [0.1, 0.15) is 24.1 Å². The summed E-state index contributed by atoms with van der Waals surface area (Å²) in [5, 5.41) is 16.9. The summed E-state index contributed by atoms with van der Waals surface area (Å²) >= 11 is 1.27. The zero-order valence-corrected chi connectivity index (χ0v) is 15.8. The van der Waals surface area contributed by atoms with Crippen LogP contribution in [0.3, 0.4) is 0 Å². The largest absolute Gasteiger partial charge is 0.453 e. The van der Waals surface area contributed by atoms with Crippen molar-refractivity contribution in [2.24, 2.45) is 0 Å². The van der Waals surface area contributed by atoms with Crippen molar-refractivity contribution in [2.45, 2.75) is 19.3 Å². The van der Waals surface area contributed by atoms with Crippen LogP contribution in [0.2, 0.25) is 0 Å². The molecule has 28 heavy (non-hydrogen) atoms. The molecule has 0 saturated carbocycles. The fourth-order valence-corrected chi connectivity index (χ4v) is 3.94. The topological polar surface area (TPSA) is 110 Å². The van der Waals surface area contributed by atoms with Crippen molar-refractivity contribution < 1.29 is 13.7 Å². The van der Waals surface area contributed by atoms with Gasteiger partial charge in [-0.3, -0.25) is 5.32 Å². The van der Waals surface area contributed by atoms with Crippen LogP contribution >= 0.6 is 11.3 Å². The number of hydrogen-bond donors (Lipinski definition) is 1. The monoisotopic (exact) mass is 396 g/mol. The number of nitrogens with one attached hydrogen (secondary N) is 1. The molecule has 1 atom stereocenters. The molecule has 0 spiro atoms. The second kappa shape index (κ2) is 6.71. The minimum absolute atomic E-state index is 0.0625.